The van der Waals surface area contributed by atoms with Crippen LogP contribution in [0, 0.1) is 0 Å². The maximum Gasteiger partial charge on any atom is 0.130 e. The number of hydrogen-bond donors (Lipinski definition) is 1. The van der Waals surface area contributed by atoms with Crippen molar-refractivity contribution in [1.29, 1.82) is 0 Å². The highest BCUT2D eigenvalue weighted by Crippen LogP contribution is 2.33. The van der Waals surface area contributed by atoms with Crippen molar-refractivity contribution in [2.75, 3.05) is 0 Å². The SMILES string of the molecule is BC(B)(O)C(B)(B)CCCCCC. The molecule has 1 nitrogen and oxygen atoms in total. The van der Waals surface area contributed by atoms with Gasteiger partial charge in [-0.25, -0.2) is 0 Å². The summed E-state index contributed by atoms with van der Waals surface area (Å²) in [4.78, 5) is 0. The van der Waals surface area contributed by atoms with Gasteiger partial charge >= 0.3 is 0 Å². The van der Waals surface area contributed by atoms with Gasteiger partial charge < -0.3 is 5.11 Å². The van der Waals surface area contributed by atoms with Gasteiger partial charge in [-0.1, -0.05) is 44.2 Å². The van der Waals surface area contributed by atoms with E-state index >= 15 is 0 Å². The van der Waals surface area contributed by atoms with Crippen LogP contribution in [0.5, 0.6) is 0 Å². The number of aliphatic hydroxyl groups is 1. The molecule has 0 fully saturated rings. The Hall–Kier alpha value is 0.220. The van der Waals surface area contributed by atoms with Crippen molar-refractivity contribution in [3.63, 3.8) is 0 Å². The average molecular weight is 178 g/mol. The fourth-order valence-electron chi connectivity index (χ4n) is 1.30. The highest BCUT2D eigenvalue weighted by atomic mass is 16.3. The molecule has 1 N–H and O–H groups in total. The first kappa shape index (κ1) is 13.2. The molecule has 0 saturated carbocycles. The predicted octanol–water partition coefficient (Wildman–Crippen LogP) is -1.75. The van der Waals surface area contributed by atoms with E-state index in [2.05, 4.69) is 22.6 Å². The highest BCUT2D eigenvalue weighted by molar-refractivity contribution is 6.53. The molecular formula is C8H22B4O. The molecule has 0 rings (SSSR count). The molecule has 0 heterocycles. The summed E-state index contributed by atoms with van der Waals surface area (Å²) in [5.74, 6) is 0. The summed E-state index contributed by atoms with van der Waals surface area (Å²) in [6.45, 7) is 2.22. The van der Waals surface area contributed by atoms with Crippen LogP contribution in [-0.2, 0) is 0 Å². The lowest BCUT2D eigenvalue weighted by Crippen LogP contribution is -2.45. The Morgan fingerprint density at radius 1 is 1.00 bits per heavy atom. The van der Waals surface area contributed by atoms with E-state index in [1.165, 1.54) is 25.7 Å². The summed E-state index contributed by atoms with van der Waals surface area (Å²) in [6.07, 6.45) is 6.27. The highest BCUT2D eigenvalue weighted by Gasteiger charge is 2.33. The van der Waals surface area contributed by atoms with Gasteiger partial charge in [0.2, 0.25) is 0 Å². The summed E-state index contributed by atoms with van der Waals surface area (Å²) in [5.41, 5.74) is 0. The third-order valence-corrected chi connectivity index (χ3v) is 3.31. The van der Waals surface area contributed by atoms with Crippen LogP contribution >= 0.6 is 0 Å². The minimum absolute atomic E-state index is 0.0424. The molecule has 0 aromatic carbocycles. The van der Waals surface area contributed by atoms with Crippen molar-refractivity contribution >= 4 is 31.4 Å². The monoisotopic (exact) mass is 178 g/mol. The fraction of sp³-hybridized carbons (Fsp3) is 1.00. The van der Waals surface area contributed by atoms with Gasteiger partial charge in [-0.3, -0.25) is 0 Å². The second-order valence-electron chi connectivity index (χ2n) is 5.25. The minimum atomic E-state index is -0.556. The van der Waals surface area contributed by atoms with Crippen LogP contribution in [0.15, 0.2) is 0 Å². The second-order valence-corrected chi connectivity index (χ2v) is 5.25. The van der Waals surface area contributed by atoms with Crippen LogP contribution < -0.4 is 0 Å². The van der Waals surface area contributed by atoms with E-state index in [0.717, 1.165) is 6.42 Å². The lowest BCUT2D eigenvalue weighted by atomic mass is 9.34. The molecule has 5 heteroatoms. The van der Waals surface area contributed by atoms with Crippen LogP contribution in [0.3, 0.4) is 0 Å². The molecule has 0 saturated heterocycles. The Balaban J connectivity index is 3.77. The van der Waals surface area contributed by atoms with Crippen LogP contribution in [-0.4, -0.2) is 41.9 Å². The standard InChI is InChI=1S/C8H22B4O/c1-2-3-4-5-6-7(9,10)8(11,12)13/h13H,2-6,9-12H2,1H3. The van der Waals surface area contributed by atoms with Crippen molar-refractivity contribution in [3.05, 3.63) is 0 Å². The van der Waals surface area contributed by atoms with Crippen molar-refractivity contribution < 1.29 is 5.11 Å². The van der Waals surface area contributed by atoms with E-state index in [1.807, 2.05) is 15.7 Å². The maximum atomic E-state index is 9.90. The van der Waals surface area contributed by atoms with Gasteiger partial charge in [0.1, 0.15) is 31.4 Å². The molecular weight excluding hydrogens is 155 g/mol. The summed E-state index contributed by atoms with van der Waals surface area (Å²) in [7, 11) is 8.12. The summed E-state index contributed by atoms with van der Waals surface area (Å²) in [5, 5.41) is 9.39. The Morgan fingerprint density at radius 3 is 1.92 bits per heavy atom. The molecule has 0 unspecified atom stereocenters. The molecule has 13 heavy (non-hydrogen) atoms. The van der Waals surface area contributed by atoms with Gasteiger partial charge in [0.05, 0.1) is 0 Å². The van der Waals surface area contributed by atoms with E-state index in [9.17, 15) is 5.11 Å². The molecule has 0 aliphatic carbocycles. The third-order valence-electron chi connectivity index (χ3n) is 3.31. The van der Waals surface area contributed by atoms with Crippen LogP contribution in [0.1, 0.15) is 39.0 Å². The molecule has 0 radical (unpaired) electrons. The largest absolute Gasteiger partial charge is 0.409 e. The van der Waals surface area contributed by atoms with Crippen LogP contribution in [0.25, 0.3) is 0 Å². The number of rotatable bonds is 6. The molecule has 0 aromatic rings. The van der Waals surface area contributed by atoms with Gasteiger partial charge in [-0.05, 0) is 5.40 Å². The van der Waals surface area contributed by atoms with E-state index < -0.39 is 5.40 Å². The summed E-state index contributed by atoms with van der Waals surface area (Å²) in [6, 6.07) is 0. The molecule has 0 aliphatic heterocycles. The molecule has 0 aromatic heterocycles. The predicted molar refractivity (Wildman–Crippen MR) is 70.6 cm³/mol. The Kier molecular flexibility index (Phi) is 5.28. The van der Waals surface area contributed by atoms with E-state index in [4.69, 9.17) is 0 Å². The van der Waals surface area contributed by atoms with Gasteiger partial charge in [-0.2, -0.15) is 0 Å². The van der Waals surface area contributed by atoms with Crippen molar-refractivity contribution in [2.45, 2.75) is 49.6 Å². The zero-order valence-corrected chi connectivity index (χ0v) is 9.98. The Morgan fingerprint density at radius 2 is 1.54 bits per heavy atom. The quantitative estimate of drug-likeness (QED) is 0.377. The molecule has 0 bridgehead atoms. The van der Waals surface area contributed by atoms with Crippen molar-refractivity contribution in [3.8, 4) is 0 Å². The molecule has 0 spiro atoms. The molecule has 72 valence electrons. The zero-order chi connectivity index (χ0) is 10.5. The number of hydrogen-bond acceptors (Lipinski definition) is 1. The number of unbranched alkanes of at least 4 members (excludes halogenated alkanes) is 3. The van der Waals surface area contributed by atoms with Gasteiger partial charge in [0.25, 0.3) is 0 Å². The van der Waals surface area contributed by atoms with Gasteiger partial charge in [-0.15, -0.1) is 0 Å². The van der Waals surface area contributed by atoms with E-state index in [0.29, 0.717) is 0 Å². The van der Waals surface area contributed by atoms with Crippen LogP contribution in [0.4, 0.5) is 0 Å². The van der Waals surface area contributed by atoms with Crippen molar-refractivity contribution in [1.82, 2.24) is 0 Å². The summed E-state index contributed by atoms with van der Waals surface area (Å²) < 4.78 is 0. The van der Waals surface area contributed by atoms with Crippen molar-refractivity contribution in [2.24, 2.45) is 0 Å². The average Bonchev–Trinajstić information content (AvgIpc) is 1.96. The molecule has 0 aliphatic rings. The lowest BCUT2D eigenvalue weighted by molar-refractivity contribution is 0.183. The van der Waals surface area contributed by atoms with Gasteiger partial charge in [0, 0.05) is 0 Å². The van der Waals surface area contributed by atoms with Crippen LogP contribution in [0.2, 0.25) is 5.21 Å². The Bertz CT molecular complexity index is 142. The summed E-state index contributed by atoms with van der Waals surface area (Å²) >= 11 is 0. The lowest BCUT2D eigenvalue weighted by Gasteiger charge is -2.38. The first-order valence-corrected chi connectivity index (χ1v) is 5.53. The van der Waals surface area contributed by atoms with E-state index in [1.54, 1.807) is 0 Å². The first-order chi connectivity index (χ1) is 5.81. The molecule has 0 atom stereocenters. The minimum Gasteiger partial charge on any atom is -0.409 e. The van der Waals surface area contributed by atoms with Gasteiger partial charge in [0.15, 0.2) is 0 Å². The van der Waals surface area contributed by atoms with E-state index in [-0.39, 0.29) is 5.21 Å². The maximum absolute atomic E-state index is 9.90. The first-order valence-electron chi connectivity index (χ1n) is 5.53. The Labute approximate surface area is 86.7 Å². The fourth-order valence-corrected chi connectivity index (χ4v) is 1.30. The third kappa shape index (κ3) is 4.85. The second kappa shape index (κ2) is 5.19. The zero-order valence-electron chi connectivity index (χ0n) is 9.98. The smallest absolute Gasteiger partial charge is 0.130 e. The normalized spacial score (nSPS) is 13.1. The topological polar surface area (TPSA) is 20.2 Å². The molecule has 0 amide bonds.